The van der Waals surface area contributed by atoms with E-state index in [1.165, 1.54) is 5.56 Å². The van der Waals surface area contributed by atoms with Gasteiger partial charge < -0.3 is 5.32 Å². The third-order valence-electron chi connectivity index (χ3n) is 2.77. The Balaban J connectivity index is 3.11. The Morgan fingerprint density at radius 3 is 2.13 bits per heavy atom. The zero-order chi connectivity index (χ0) is 11.4. The fraction of sp³-hybridized carbons (Fsp3) is 0.538. The molecule has 0 saturated carbocycles. The minimum absolute atomic E-state index is 0.139. The molecule has 1 nitrogen and oxygen atoms in total. The molecule has 0 aliphatic heterocycles. The molecule has 0 saturated heterocycles. The van der Waals surface area contributed by atoms with E-state index < -0.39 is 0 Å². The van der Waals surface area contributed by atoms with Crippen LogP contribution >= 0.6 is 0 Å². The highest BCUT2D eigenvalue weighted by Crippen LogP contribution is 2.25. The lowest BCUT2D eigenvalue weighted by molar-refractivity contribution is 0.530. The third-order valence-corrected chi connectivity index (χ3v) is 2.77. The van der Waals surface area contributed by atoms with Gasteiger partial charge in [-0.1, -0.05) is 13.8 Å². The Morgan fingerprint density at radius 1 is 1.20 bits per heavy atom. The van der Waals surface area contributed by atoms with Gasteiger partial charge in [0.15, 0.2) is 0 Å². The van der Waals surface area contributed by atoms with Gasteiger partial charge >= 0.3 is 0 Å². The molecule has 1 atom stereocenters. The Hall–Kier alpha value is -0.890. The van der Waals surface area contributed by atoms with Crippen LogP contribution in [0.3, 0.4) is 0 Å². The van der Waals surface area contributed by atoms with Crippen LogP contribution in [0, 0.1) is 19.7 Å². The molecule has 0 spiro atoms. The van der Waals surface area contributed by atoms with Crippen molar-refractivity contribution in [3.63, 3.8) is 0 Å². The van der Waals surface area contributed by atoms with Crippen molar-refractivity contribution < 1.29 is 4.39 Å². The summed E-state index contributed by atoms with van der Waals surface area (Å²) in [6.45, 7) is 9.14. The van der Waals surface area contributed by atoms with Crippen LogP contribution in [0.25, 0.3) is 0 Å². The van der Waals surface area contributed by atoms with Gasteiger partial charge in [0.2, 0.25) is 0 Å². The van der Waals surface area contributed by atoms with Gasteiger partial charge in [-0.25, -0.2) is 4.39 Å². The number of nitrogens with one attached hydrogen (secondary N) is 1. The summed E-state index contributed by atoms with van der Waals surface area (Å²) < 4.78 is 13.1. The summed E-state index contributed by atoms with van der Waals surface area (Å²) in [7, 11) is 0. The normalized spacial score (nSPS) is 12.9. The van der Waals surface area contributed by atoms with Crippen LogP contribution in [-0.4, -0.2) is 6.54 Å². The Bertz CT molecular complexity index is 310. The van der Waals surface area contributed by atoms with Crippen molar-refractivity contribution in [2.45, 2.75) is 40.2 Å². The van der Waals surface area contributed by atoms with Gasteiger partial charge in [0, 0.05) is 6.04 Å². The predicted molar refractivity (Wildman–Crippen MR) is 62.6 cm³/mol. The zero-order valence-corrected chi connectivity index (χ0v) is 10.0. The van der Waals surface area contributed by atoms with E-state index in [0.29, 0.717) is 6.04 Å². The molecule has 0 aliphatic rings. The van der Waals surface area contributed by atoms with Crippen molar-refractivity contribution in [3.05, 3.63) is 34.6 Å². The first-order valence-corrected chi connectivity index (χ1v) is 5.60. The van der Waals surface area contributed by atoms with Crippen LogP contribution in [0.15, 0.2) is 12.1 Å². The number of hydrogen-bond donors (Lipinski definition) is 1. The molecule has 1 aromatic carbocycles. The average Bonchev–Trinajstić information content (AvgIpc) is 2.14. The molecule has 1 unspecified atom stereocenters. The van der Waals surface area contributed by atoms with E-state index in [2.05, 4.69) is 19.2 Å². The quantitative estimate of drug-likeness (QED) is 0.800. The zero-order valence-electron chi connectivity index (χ0n) is 10.0. The first kappa shape index (κ1) is 12.2. The minimum Gasteiger partial charge on any atom is -0.310 e. The second kappa shape index (κ2) is 5.26. The van der Waals surface area contributed by atoms with Crippen LogP contribution in [-0.2, 0) is 0 Å². The highest BCUT2D eigenvalue weighted by Gasteiger charge is 2.13. The molecule has 0 radical (unpaired) electrons. The molecule has 0 heterocycles. The van der Waals surface area contributed by atoms with Crippen molar-refractivity contribution in [1.82, 2.24) is 5.32 Å². The maximum Gasteiger partial charge on any atom is 0.123 e. The Morgan fingerprint density at radius 2 is 1.73 bits per heavy atom. The van der Waals surface area contributed by atoms with Crippen LogP contribution in [0.5, 0.6) is 0 Å². The van der Waals surface area contributed by atoms with Crippen molar-refractivity contribution in [2.75, 3.05) is 6.54 Å². The lowest BCUT2D eigenvalue weighted by Crippen LogP contribution is -2.22. The lowest BCUT2D eigenvalue weighted by Gasteiger charge is -2.21. The summed E-state index contributed by atoms with van der Waals surface area (Å²) in [4.78, 5) is 0. The molecule has 2 heteroatoms. The maximum atomic E-state index is 13.1. The molecule has 15 heavy (non-hydrogen) atoms. The molecule has 0 aromatic heterocycles. The fourth-order valence-electron chi connectivity index (χ4n) is 2.17. The summed E-state index contributed by atoms with van der Waals surface area (Å²) in [5.41, 5.74) is 3.33. The third kappa shape index (κ3) is 2.78. The van der Waals surface area contributed by atoms with E-state index in [9.17, 15) is 4.39 Å². The van der Waals surface area contributed by atoms with E-state index in [4.69, 9.17) is 0 Å². The van der Waals surface area contributed by atoms with Crippen molar-refractivity contribution in [2.24, 2.45) is 0 Å². The first-order chi connectivity index (χ1) is 7.10. The van der Waals surface area contributed by atoms with E-state index in [1.807, 2.05) is 13.8 Å². The molecule has 1 aromatic rings. The van der Waals surface area contributed by atoms with Gasteiger partial charge in [-0.2, -0.15) is 0 Å². The smallest absolute Gasteiger partial charge is 0.123 e. The maximum absolute atomic E-state index is 13.1. The Kier molecular flexibility index (Phi) is 4.28. The van der Waals surface area contributed by atoms with Crippen LogP contribution < -0.4 is 5.32 Å². The van der Waals surface area contributed by atoms with Gasteiger partial charge in [0.05, 0.1) is 0 Å². The fourth-order valence-corrected chi connectivity index (χ4v) is 2.17. The van der Waals surface area contributed by atoms with Gasteiger partial charge in [0.25, 0.3) is 0 Å². The summed E-state index contributed by atoms with van der Waals surface area (Å²) >= 11 is 0. The summed E-state index contributed by atoms with van der Waals surface area (Å²) in [5.74, 6) is -0.139. The number of aryl methyl sites for hydroxylation is 2. The number of hydrogen-bond acceptors (Lipinski definition) is 1. The molecular formula is C13H20FN. The summed E-state index contributed by atoms with van der Waals surface area (Å²) in [6, 6.07) is 3.57. The van der Waals surface area contributed by atoms with Gasteiger partial charge in [-0.15, -0.1) is 0 Å². The van der Waals surface area contributed by atoms with E-state index in [-0.39, 0.29) is 5.82 Å². The molecule has 1 N–H and O–H groups in total. The van der Waals surface area contributed by atoms with Crippen molar-refractivity contribution in [1.29, 1.82) is 0 Å². The number of rotatable bonds is 4. The van der Waals surface area contributed by atoms with E-state index in [1.54, 1.807) is 12.1 Å². The topological polar surface area (TPSA) is 12.0 Å². The van der Waals surface area contributed by atoms with Gasteiger partial charge in [0.1, 0.15) is 5.82 Å². The van der Waals surface area contributed by atoms with Crippen molar-refractivity contribution in [3.8, 4) is 0 Å². The molecule has 0 bridgehead atoms. The number of benzene rings is 1. The Labute approximate surface area is 91.7 Å². The molecule has 1 rings (SSSR count). The predicted octanol–water partition coefficient (Wildman–Crippen LogP) is 3.50. The SMILES string of the molecule is CCNC(CC)c1c(C)cc(F)cc1C. The highest BCUT2D eigenvalue weighted by atomic mass is 19.1. The molecule has 0 aliphatic carbocycles. The second-order valence-corrected chi connectivity index (χ2v) is 3.97. The molecule has 0 fully saturated rings. The largest absolute Gasteiger partial charge is 0.310 e. The van der Waals surface area contributed by atoms with E-state index in [0.717, 1.165) is 24.1 Å². The summed E-state index contributed by atoms with van der Waals surface area (Å²) in [6.07, 6.45) is 1.03. The first-order valence-electron chi connectivity index (χ1n) is 5.60. The van der Waals surface area contributed by atoms with Crippen molar-refractivity contribution >= 4 is 0 Å². The van der Waals surface area contributed by atoms with Crippen LogP contribution in [0.2, 0.25) is 0 Å². The lowest BCUT2D eigenvalue weighted by atomic mass is 9.94. The van der Waals surface area contributed by atoms with Crippen LogP contribution in [0.4, 0.5) is 4.39 Å². The highest BCUT2D eigenvalue weighted by molar-refractivity contribution is 5.36. The summed E-state index contributed by atoms with van der Waals surface area (Å²) in [5, 5.41) is 3.43. The second-order valence-electron chi connectivity index (χ2n) is 3.97. The standard InChI is InChI=1S/C13H20FN/c1-5-12(15-6-2)13-9(3)7-11(14)8-10(13)4/h7-8,12,15H,5-6H2,1-4H3. The molecular weight excluding hydrogens is 189 g/mol. The van der Waals surface area contributed by atoms with Crippen LogP contribution in [0.1, 0.15) is 43.0 Å². The number of halogens is 1. The minimum atomic E-state index is -0.139. The monoisotopic (exact) mass is 209 g/mol. The average molecular weight is 209 g/mol. The van der Waals surface area contributed by atoms with Gasteiger partial charge in [-0.05, 0) is 55.6 Å². The van der Waals surface area contributed by atoms with Gasteiger partial charge in [-0.3, -0.25) is 0 Å². The molecule has 84 valence electrons. The molecule has 0 amide bonds. The van der Waals surface area contributed by atoms with E-state index >= 15 is 0 Å².